The molecule has 2 rings (SSSR count). The monoisotopic (exact) mass is 276 g/mol. The van der Waals surface area contributed by atoms with Crippen molar-refractivity contribution in [3.05, 3.63) is 47.6 Å². The van der Waals surface area contributed by atoms with Crippen LogP contribution in [0.1, 0.15) is 50.1 Å². The Morgan fingerprint density at radius 3 is 2.45 bits per heavy atom. The van der Waals surface area contributed by atoms with E-state index in [0.29, 0.717) is 5.82 Å². The van der Waals surface area contributed by atoms with Crippen molar-refractivity contribution in [2.24, 2.45) is 0 Å². The van der Waals surface area contributed by atoms with Crippen molar-refractivity contribution >= 4 is 0 Å². The topological polar surface area (TPSA) is 68.4 Å². The average Bonchev–Trinajstić information content (AvgIpc) is 3.00. The fourth-order valence-corrected chi connectivity index (χ4v) is 2.26. The van der Waals surface area contributed by atoms with Crippen LogP contribution in [0.15, 0.2) is 34.9 Å². The van der Waals surface area contributed by atoms with E-state index in [0.717, 1.165) is 18.4 Å². The summed E-state index contributed by atoms with van der Waals surface area (Å²) in [6.45, 7) is 4.02. The minimum atomic E-state index is -0.916. The molecular weight excluding hydrogens is 256 g/mol. The maximum atomic E-state index is 10.3. The van der Waals surface area contributed by atoms with Crippen LogP contribution in [0, 0.1) is 0 Å². The predicted molar refractivity (Wildman–Crippen MR) is 74.1 cm³/mol. The van der Waals surface area contributed by atoms with Gasteiger partial charge in [-0.25, -0.2) is 0 Å². The molecule has 1 aromatic carbocycles. The third-order valence-electron chi connectivity index (χ3n) is 3.73. The second kappa shape index (κ2) is 6.15. The van der Waals surface area contributed by atoms with Crippen LogP contribution in [-0.2, 0) is 10.3 Å². The highest BCUT2D eigenvalue weighted by Crippen LogP contribution is 2.31. The van der Waals surface area contributed by atoms with Gasteiger partial charge < -0.3 is 14.4 Å². The van der Waals surface area contributed by atoms with Crippen LogP contribution in [-0.4, -0.2) is 22.4 Å². The lowest BCUT2D eigenvalue weighted by Gasteiger charge is -2.25. The molecule has 108 valence electrons. The van der Waals surface area contributed by atoms with Crippen molar-refractivity contribution in [2.75, 3.05) is 7.11 Å². The summed E-state index contributed by atoms with van der Waals surface area (Å²) in [5.74, 6) is 0.671. The predicted octanol–water partition coefficient (Wildman–Crippen LogP) is 2.81. The smallest absolute Gasteiger partial charge is 0.260 e. The van der Waals surface area contributed by atoms with E-state index in [1.165, 1.54) is 0 Å². The SMILES string of the molecule is CCC(CC)(OC)c1noc(C(O)c2ccccc2)n1. The maximum absolute atomic E-state index is 10.3. The van der Waals surface area contributed by atoms with Crippen LogP contribution >= 0.6 is 0 Å². The molecule has 0 saturated carbocycles. The zero-order valence-corrected chi connectivity index (χ0v) is 12.0. The van der Waals surface area contributed by atoms with Crippen molar-refractivity contribution < 1.29 is 14.4 Å². The van der Waals surface area contributed by atoms with Gasteiger partial charge in [-0.1, -0.05) is 49.3 Å². The summed E-state index contributed by atoms with van der Waals surface area (Å²) in [4.78, 5) is 4.32. The van der Waals surface area contributed by atoms with Crippen LogP contribution in [0.3, 0.4) is 0 Å². The highest BCUT2D eigenvalue weighted by molar-refractivity contribution is 5.21. The van der Waals surface area contributed by atoms with E-state index in [1.807, 2.05) is 44.2 Å². The Kier molecular flexibility index (Phi) is 4.52. The van der Waals surface area contributed by atoms with Crippen molar-refractivity contribution in [3.8, 4) is 0 Å². The molecule has 5 nitrogen and oxygen atoms in total. The van der Waals surface area contributed by atoms with Crippen molar-refractivity contribution in [3.63, 3.8) is 0 Å². The largest absolute Gasteiger partial charge is 0.378 e. The average molecular weight is 276 g/mol. The third-order valence-corrected chi connectivity index (χ3v) is 3.73. The van der Waals surface area contributed by atoms with Crippen LogP contribution in [0.4, 0.5) is 0 Å². The zero-order valence-electron chi connectivity index (χ0n) is 12.0. The summed E-state index contributed by atoms with van der Waals surface area (Å²) < 4.78 is 10.8. The molecule has 0 aliphatic rings. The molecular formula is C15H20N2O3. The molecule has 1 aromatic heterocycles. The molecule has 0 aliphatic heterocycles. The van der Waals surface area contributed by atoms with E-state index in [9.17, 15) is 5.11 Å². The standard InChI is InChI=1S/C15H20N2O3/c1-4-15(5-2,19-3)14-16-13(20-17-14)12(18)11-9-7-6-8-10-11/h6-10,12,18H,4-5H2,1-3H3. The van der Waals surface area contributed by atoms with Gasteiger partial charge in [0, 0.05) is 7.11 Å². The number of hydrogen-bond acceptors (Lipinski definition) is 5. The Bertz CT molecular complexity index is 527. The Hall–Kier alpha value is -1.72. The quantitative estimate of drug-likeness (QED) is 0.878. The highest BCUT2D eigenvalue weighted by atomic mass is 16.5. The molecule has 5 heteroatoms. The normalized spacial score (nSPS) is 13.4. The Balaban J connectivity index is 2.29. The van der Waals surface area contributed by atoms with E-state index < -0.39 is 11.7 Å². The number of methoxy groups -OCH3 is 1. The summed E-state index contributed by atoms with van der Waals surface area (Å²) in [5.41, 5.74) is 0.164. The molecule has 1 atom stereocenters. The second-order valence-corrected chi connectivity index (χ2v) is 4.67. The fourth-order valence-electron chi connectivity index (χ4n) is 2.26. The van der Waals surface area contributed by atoms with E-state index in [-0.39, 0.29) is 5.89 Å². The lowest BCUT2D eigenvalue weighted by molar-refractivity contribution is -0.0306. The summed E-state index contributed by atoms with van der Waals surface area (Å²) in [6.07, 6.45) is 0.557. The third kappa shape index (κ3) is 2.59. The Labute approximate surface area is 118 Å². The molecule has 0 amide bonds. The van der Waals surface area contributed by atoms with Gasteiger partial charge in [0.05, 0.1) is 0 Å². The highest BCUT2D eigenvalue weighted by Gasteiger charge is 2.34. The molecule has 1 heterocycles. The van der Waals surface area contributed by atoms with Crippen LogP contribution in [0.2, 0.25) is 0 Å². The van der Waals surface area contributed by atoms with Gasteiger partial charge >= 0.3 is 0 Å². The first kappa shape index (κ1) is 14.7. The molecule has 0 bridgehead atoms. The zero-order chi connectivity index (χ0) is 14.6. The van der Waals surface area contributed by atoms with Gasteiger partial charge in [0.1, 0.15) is 5.60 Å². The number of aliphatic hydroxyl groups is 1. The first-order valence-electron chi connectivity index (χ1n) is 6.79. The number of nitrogens with zero attached hydrogens (tertiary/aromatic N) is 2. The summed E-state index contributed by atoms with van der Waals surface area (Å²) >= 11 is 0. The Morgan fingerprint density at radius 1 is 1.25 bits per heavy atom. The van der Waals surface area contributed by atoms with Crippen molar-refractivity contribution in [1.82, 2.24) is 10.1 Å². The fraction of sp³-hybridized carbons (Fsp3) is 0.467. The number of hydrogen-bond donors (Lipinski definition) is 1. The summed E-state index contributed by atoms with van der Waals surface area (Å²) in [6, 6.07) is 9.23. The minimum absolute atomic E-state index is 0.189. The van der Waals surface area contributed by atoms with Gasteiger partial charge in [-0.3, -0.25) is 0 Å². The Morgan fingerprint density at radius 2 is 1.90 bits per heavy atom. The van der Waals surface area contributed by atoms with E-state index in [4.69, 9.17) is 9.26 Å². The van der Waals surface area contributed by atoms with E-state index >= 15 is 0 Å². The number of aliphatic hydroxyl groups excluding tert-OH is 1. The van der Waals surface area contributed by atoms with Gasteiger partial charge in [-0.2, -0.15) is 4.98 Å². The molecule has 20 heavy (non-hydrogen) atoms. The second-order valence-electron chi connectivity index (χ2n) is 4.67. The molecule has 0 spiro atoms. The minimum Gasteiger partial charge on any atom is -0.378 e. The number of benzene rings is 1. The molecule has 1 N–H and O–H groups in total. The van der Waals surface area contributed by atoms with E-state index in [1.54, 1.807) is 7.11 Å². The van der Waals surface area contributed by atoms with Gasteiger partial charge in [0.25, 0.3) is 5.89 Å². The lowest BCUT2D eigenvalue weighted by Crippen LogP contribution is -2.28. The van der Waals surface area contributed by atoms with Crippen LogP contribution < -0.4 is 0 Å². The first-order valence-corrected chi connectivity index (χ1v) is 6.79. The van der Waals surface area contributed by atoms with E-state index in [2.05, 4.69) is 10.1 Å². The first-order chi connectivity index (χ1) is 9.66. The van der Waals surface area contributed by atoms with Gasteiger partial charge in [-0.15, -0.1) is 0 Å². The molecule has 1 unspecified atom stereocenters. The van der Waals surface area contributed by atoms with Gasteiger partial charge in [-0.05, 0) is 18.4 Å². The molecule has 0 saturated heterocycles. The van der Waals surface area contributed by atoms with Crippen LogP contribution in [0.5, 0.6) is 0 Å². The molecule has 2 aromatic rings. The lowest BCUT2D eigenvalue weighted by atomic mass is 9.96. The van der Waals surface area contributed by atoms with Crippen molar-refractivity contribution in [1.29, 1.82) is 0 Å². The van der Waals surface area contributed by atoms with Crippen molar-refractivity contribution in [2.45, 2.75) is 38.4 Å². The maximum Gasteiger partial charge on any atom is 0.260 e. The molecule has 0 aliphatic carbocycles. The molecule has 0 radical (unpaired) electrons. The van der Waals surface area contributed by atoms with Gasteiger partial charge in [0.15, 0.2) is 6.10 Å². The summed E-state index contributed by atoms with van der Waals surface area (Å²) in [7, 11) is 1.64. The summed E-state index contributed by atoms with van der Waals surface area (Å²) in [5, 5.41) is 14.2. The van der Waals surface area contributed by atoms with Gasteiger partial charge in [0.2, 0.25) is 5.82 Å². The number of rotatable bonds is 6. The van der Waals surface area contributed by atoms with Crippen LogP contribution in [0.25, 0.3) is 0 Å². The number of ether oxygens (including phenoxy) is 1. The molecule has 0 fully saturated rings. The number of aromatic nitrogens is 2.